The summed E-state index contributed by atoms with van der Waals surface area (Å²) in [4.78, 5) is 64.5. The second-order valence-corrected chi connectivity index (χ2v) is 7.62. The van der Waals surface area contributed by atoms with Crippen molar-refractivity contribution in [3.63, 3.8) is 0 Å². The summed E-state index contributed by atoms with van der Waals surface area (Å²) < 4.78 is 0. The van der Waals surface area contributed by atoms with Gasteiger partial charge in [0.25, 0.3) is 29.5 Å². The molecule has 0 unspecified atom stereocenters. The van der Waals surface area contributed by atoms with Crippen molar-refractivity contribution in [3.8, 4) is 0 Å². The Kier molecular flexibility index (Phi) is 5.74. The van der Waals surface area contributed by atoms with Crippen molar-refractivity contribution in [3.05, 3.63) is 69.8 Å². The molecular formula is C23H19N4O6-. The maximum Gasteiger partial charge on any atom is 0.261 e. The van der Waals surface area contributed by atoms with Gasteiger partial charge in [-0.1, -0.05) is 6.07 Å². The molecule has 0 spiro atoms. The highest BCUT2D eigenvalue weighted by Gasteiger charge is 2.33. The number of hydrogen-bond acceptors (Lipinski definition) is 7. The van der Waals surface area contributed by atoms with E-state index in [-0.39, 0.29) is 45.8 Å². The second-order valence-electron chi connectivity index (χ2n) is 7.62. The molecule has 0 saturated carbocycles. The molecule has 0 aliphatic carbocycles. The lowest BCUT2D eigenvalue weighted by atomic mass is 10.1. The van der Waals surface area contributed by atoms with Gasteiger partial charge in [-0.3, -0.25) is 34.2 Å². The fourth-order valence-electron chi connectivity index (χ4n) is 3.62. The molecule has 5 amide bonds. The Hall–Kier alpha value is -4.34. The topological polar surface area (TPSA) is 148 Å². The Labute approximate surface area is 188 Å². The van der Waals surface area contributed by atoms with E-state index in [0.717, 1.165) is 4.90 Å². The molecule has 2 aromatic rings. The standard InChI is InChI=1S/C23H20N4O6/c1-27-22(32)15-7-5-13(11-17(15)23(27)33)19(29)25-9-3-2-8-24-18(28)12-4-6-14-16(10-12)21(31)26-20(14)30/h4-7,10-11H,2-3,8-9H2,1H3,(H,24,28)(H,25,29)(H,26,30,31)/p-1. The maximum absolute atomic E-state index is 12.3. The lowest BCUT2D eigenvalue weighted by molar-refractivity contribution is -0.213. The number of nitrogens with one attached hydrogen (secondary N) is 2. The fraction of sp³-hybridized carbons (Fsp3) is 0.217. The third-order valence-electron chi connectivity index (χ3n) is 5.46. The minimum Gasteiger partial charge on any atom is -0.858 e. The van der Waals surface area contributed by atoms with Crippen LogP contribution in [0.3, 0.4) is 0 Å². The smallest absolute Gasteiger partial charge is 0.261 e. The number of unbranched alkanes of at least 4 members (excludes halogenated alkanes) is 1. The Morgan fingerprint density at radius 3 is 2.33 bits per heavy atom. The Bertz CT molecular complexity index is 1250. The molecule has 0 atom stereocenters. The minimum atomic E-state index is -0.535. The highest BCUT2D eigenvalue weighted by Crippen LogP contribution is 2.22. The number of aliphatic imine (C=N–C) groups is 1. The van der Waals surface area contributed by atoms with Gasteiger partial charge in [-0.05, 0) is 54.6 Å². The number of rotatable bonds is 7. The van der Waals surface area contributed by atoms with E-state index in [0.29, 0.717) is 19.4 Å². The Morgan fingerprint density at radius 1 is 0.909 bits per heavy atom. The van der Waals surface area contributed by atoms with Gasteiger partial charge in [0.15, 0.2) is 0 Å². The third kappa shape index (κ3) is 4.10. The van der Waals surface area contributed by atoms with E-state index in [1.54, 1.807) is 0 Å². The fourth-order valence-corrected chi connectivity index (χ4v) is 3.62. The summed E-state index contributed by atoms with van der Waals surface area (Å²) in [7, 11) is 1.39. The summed E-state index contributed by atoms with van der Waals surface area (Å²) in [6, 6.07) is 8.61. The SMILES string of the molecule is CN1C(=O)c2ccc(C(=O)NCCCCN=C([O-])c3ccc4c(c3)C(=O)NC4=O)cc2C1=O. The molecule has 0 bridgehead atoms. The van der Waals surface area contributed by atoms with E-state index in [1.165, 1.54) is 43.4 Å². The first kappa shape index (κ1) is 21.9. The monoisotopic (exact) mass is 447 g/mol. The first-order chi connectivity index (χ1) is 15.8. The first-order valence-corrected chi connectivity index (χ1v) is 10.2. The van der Waals surface area contributed by atoms with Crippen LogP contribution in [0.5, 0.6) is 0 Å². The van der Waals surface area contributed by atoms with Crippen molar-refractivity contribution in [1.29, 1.82) is 0 Å². The van der Waals surface area contributed by atoms with Crippen LogP contribution in [0.2, 0.25) is 0 Å². The molecule has 33 heavy (non-hydrogen) atoms. The van der Waals surface area contributed by atoms with Gasteiger partial charge in [0.1, 0.15) is 0 Å². The molecule has 2 heterocycles. The van der Waals surface area contributed by atoms with Crippen molar-refractivity contribution < 1.29 is 29.1 Å². The number of amides is 5. The molecule has 2 aliphatic heterocycles. The van der Waals surface area contributed by atoms with E-state index < -0.39 is 29.5 Å². The molecular weight excluding hydrogens is 428 g/mol. The number of carbonyl (C=O) groups excluding carboxylic acids is 5. The van der Waals surface area contributed by atoms with Crippen LogP contribution in [-0.2, 0) is 0 Å². The van der Waals surface area contributed by atoms with Crippen LogP contribution < -0.4 is 15.7 Å². The van der Waals surface area contributed by atoms with Crippen LogP contribution in [0.1, 0.15) is 70.2 Å². The van der Waals surface area contributed by atoms with Crippen LogP contribution in [0, 0.1) is 0 Å². The summed E-state index contributed by atoms with van der Waals surface area (Å²) in [6.07, 6.45) is 1.10. The summed E-state index contributed by atoms with van der Waals surface area (Å²) in [5, 5.41) is 17.1. The normalized spacial score (nSPS) is 14.9. The van der Waals surface area contributed by atoms with Crippen molar-refractivity contribution in [2.75, 3.05) is 20.1 Å². The number of imide groups is 2. The van der Waals surface area contributed by atoms with E-state index in [2.05, 4.69) is 15.6 Å². The lowest BCUT2D eigenvalue weighted by Crippen LogP contribution is -2.25. The first-order valence-electron chi connectivity index (χ1n) is 10.2. The maximum atomic E-state index is 12.3. The van der Waals surface area contributed by atoms with E-state index in [1.807, 2.05) is 0 Å². The van der Waals surface area contributed by atoms with Crippen molar-refractivity contribution >= 4 is 35.4 Å². The molecule has 0 aromatic heterocycles. The Balaban J connectivity index is 1.25. The predicted molar refractivity (Wildman–Crippen MR) is 114 cm³/mol. The van der Waals surface area contributed by atoms with Crippen molar-refractivity contribution in [1.82, 2.24) is 15.5 Å². The van der Waals surface area contributed by atoms with Gasteiger partial charge < -0.3 is 15.4 Å². The molecule has 168 valence electrons. The summed E-state index contributed by atoms with van der Waals surface area (Å²) in [6.45, 7) is 0.576. The molecule has 10 nitrogen and oxygen atoms in total. The van der Waals surface area contributed by atoms with Gasteiger partial charge in [0, 0.05) is 25.7 Å². The zero-order chi connectivity index (χ0) is 23.7. The average molecular weight is 447 g/mol. The van der Waals surface area contributed by atoms with Crippen LogP contribution in [0.4, 0.5) is 0 Å². The van der Waals surface area contributed by atoms with Gasteiger partial charge in [-0.15, -0.1) is 0 Å². The zero-order valence-electron chi connectivity index (χ0n) is 17.6. The van der Waals surface area contributed by atoms with Gasteiger partial charge in [-0.25, -0.2) is 0 Å². The van der Waals surface area contributed by atoms with E-state index in [9.17, 15) is 29.1 Å². The van der Waals surface area contributed by atoms with Crippen molar-refractivity contribution in [2.24, 2.45) is 4.99 Å². The minimum absolute atomic E-state index is 0.160. The average Bonchev–Trinajstić information content (AvgIpc) is 3.22. The van der Waals surface area contributed by atoms with Gasteiger partial charge in [-0.2, -0.15) is 0 Å². The molecule has 0 saturated heterocycles. The summed E-state index contributed by atoms with van der Waals surface area (Å²) >= 11 is 0. The second kappa shape index (κ2) is 8.65. The molecule has 2 aliphatic rings. The number of hydrogen-bond donors (Lipinski definition) is 2. The van der Waals surface area contributed by atoms with Gasteiger partial charge >= 0.3 is 0 Å². The zero-order valence-corrected chi connectivity index (χ0v) is 17.6. The Morgan fingerprint density at radius 2 is 1.55 bits per heavy atom. The quantitative estimate of drug-likeness (QED) is 0.266. The van der Waals surface area contributed by atoms with Crippen LogP contribution in [-0.4, -0.2) is 60.5 Å². The van der Waals surface area contributed by atoms with Crippen LogP contribution in [0.25, 0.3) is 0 Å². The highest BCUT2D eigenvalue weighted by molar-refractivity contribution is 6.22. The highest BCUT2D eigenvalue weighted by atomic mass is 16.3. The van der Waals surface area contributed by atoms with E-state index in [4.69, 9.17) is 0 Å². The molecule has 2 N–H and O–H groups in total. The molecule has 0 fully saturated rings. The predicted octanol–water partition coefficient (Wildman–Crippen LogP) is 0.113. The lowest BCUT2D eigenvalue weighted by Gasteiger charge is -2.12. The van der Waals surface area contributed by atoms with Gasteiger partial charge in [0.05, 0.1) is 22.3 Å². The van der Waals surface area contributed by atoms with Crippen LogP contribution in [0.15, 0.2) is 41.4 Å². The van der Waals surface area contributed by atoms with Gasteiger partial charge in [0.2, 0.25) is 0 Å². The number of nitrogens with zero attached hydrogens (tertiary/aromatic N) is 2. The van der Waals surface area contributed by atoms with Crippen LogP contribution >= 0.6 is 0 Å². The van der Waals surface area contributed by atoms with E-state index >= 15 is 0 Å². The molecule has 10 heteroatoms. The molecule has 2 aromatic carbocycles. The number of carbonyl (C=O) groups is 5. The summed E-state index contributed by atoms with van der Waals surface area (Å²) in [5.74, 6) is -2.71. The third-order valence-corrected chi connectivity index (χ3v) is 5.46. The number of fused-ring (bicyclic) bond motifs is 2. The van der Waals surface area contributed by atoms with Crippen molar-refractivity contribution in [2.45, 2.75) is 12.8 Å². The molecule has 4 rings (SSSR count). The largest absolute Gasteiger partial charge is 0.858 e. The number of benzene rings is 2. The molecule has 0 radical (unpaired) electrons. The summed E-state index contributed by atoms with van der Waals surface area (Å²) in [5.41, 5.74) is 1.39.